The van der Waals surface area contributed by atoms with Gasteiger partial charge in [0.25, 0.3) is 0 Å². The monoisotopic (exact) mass is 352 g/mol. The Morgan fingerprint density at radius 2 is 1.52 bits per heavy atom. The molecule has 0 unspecified atom stereocenters. The van der Waals surface area contributed by atoms with Crippen molar-refractivity contribution in [2.75, 3.05) is 0 Å². The molecule has 0 saturated carbocycles. The molecule has 0 aliphatic heterocycles. The van der Waals surface area contributed by atoms with Gasteiger partial charge in [-0.2, -0.15) is 0 Å². The van der Waals surface area contributed by atoms with E-state index in [-0.39, 0.29) is 0 Å². The van der Waals surface area contributed by atoms with Gasteiger partial charge in [0.05, 0.1) is 17.4 Å². The Morgan fingerprint density at radius 1 is 0.778 bits per heavy atom. The predicted molar refractivity (Wildman–Crippen MR) is 104 cm³/mol. The topological polar surface area (TPSA) is 72.3 Å². The average Bonchev–Trinajstić information content (AvgIpc) is 3.39. The van der Waals surface area contributed by atoms with Crippen molar-refractivity contribution < 1.29 is 0 Å². The van der Waals surface area contributed by atoms with Crippen molar-refractivity contribution in [2.24, 2.45) is 0 Å². The summed E-state index contributed by atoms with van der Waals surface area (Å²) >= 11 is 0. The number of benzene rings is 3. The van der Waals surface area contributed by atoms with E-state index in [4.69, 9.17) is 0 Å². The van der Waals surface area contributed by atoms with Gasteiger partial charge < -0.3 is 4.57 Å². The minimum absolute atomic E-state index is 0.661. The molecule has 1 N–H and O–H groups in total. The third kappa shape index (κ3) is 2.77. The number of hydrogen-bond donors (Lipinski definition) is 1. The van der Waals surface area contributed by atoms with E-state index in [2.05, 4.69) is 66.6 Å². The summed E-state index contributed by atoms with van der Waals surface area (Å²) in [6.07, 6.45) is 1.90. The highest BCUT2D eigenvalue weighted by Gasteiger charge is 2.13. The Morgan fingerprint density at radius 3 is 2.37 bits per heavy atom. The molecule has 6 nitrogen and oxygen atoms in total. The number of nitrogens with one attached hydrogen (secondary N) is 1. The molecule has 0 aliphatic carbocycles. The van der Waals surface area contributed by atoms with Crippen molar-refractivity contribution in [2.45, 2.75) is 6.54 Å². The zero-order chi connectivity index (χ0) is 18.1. The number of imidazole rings is 1. The predicted octanol–water partition coefficient (Wildman–Crippen LogP) is 3.93. The normalized spacial score (nSPS) is 11.1. The number of nitrogens with zero attached hydrogens (tertiary/aromatic N) is 5. The fraction of sp³-hybridized carbons (Fsp3) is 0.0476. The second-order valence-corrected chi connectivity index (χ2v) is 6.31. The number of rotatable bonds is 4. The van der Waals surface area contributed by atoms with E-state index in [0.29, 0.717) is 5.82 Å². The van der Waals surface area contributed by atoms with Gasteiger partial charge in [-0.15, -0.1) is 5.10 Å². The Balaban J connectivity index is 1.62. The summed E-state index contributed by atoms with van der Waals surface area (Å²) in [5.74, 6) is 0.661. The van der Waals surface area contributed by atoms with Crippen molar-refractivity contribution in [3.8, 4) is 22.5 Å². The maximum Gasteiger partial charge on any atom is 0.180 e. The molecule has 0 aliphatic rings. The SMILES string of the molecule is c1ccc(-c2ccccc2-c2nnn[nH]2)c(Cn2cnc3ccccc32)c1. The van der Waals surface area contributed by atoms with Crippen molar-refractivity contribution in [1.29, 1.82) is 0 Å². The standard InChI is InChI=1S/C21H16N6/c1-2-8-16(17-9-3-4-10-18(17)21-23-25-26-24-21)15(7-1)13-27-14-22-19-11-5-6-12-20(19)27/h1-12,14H,13H2,(H,23,24,25,26). The van der Waals surface area contributed by atoms with Gasteiger partial charge in [0.2, 0.25) is 0 Å². The van der Waals surface area contributed by atoms with Gasteiger partial charge in [0.1, 0.15) is 0 Å². The highest BCUT2D eigenvalue weighted by atomic mass is 15.5. The van der Waals surface area contributed by atoms with Gasteiger partial charge in [-0.05, 0) is 39.2 Å². The van der Waals surface area contributed by atoms with Gasteiger partial charge in [-0.1, -0.05) is 60.7 Å². The summed E-state index contributed by atoms with van der Waals surface area (Å²) in [4.78, 5) is 4.51. The summed E-state index contributed by atoms with van der Waals surface area (Å²) in [5, 5.41) is 14.4. The van der Waals surface area contributed by atoms with Crippen LogP contribution in [0.25, 0.3) is 33.5 Å². The highest BCUT2D eigenvalue weighted by Crippen LogP contribution is 2.32. The average molecular weight is 352 g/mol. The molecule has 130 valence electrons. The second kappa shape index (κ2) is 6.49. The van der Waals surface area contributed by atoms with Gasteiger partial charge in [0.15, 0.2) is 5.82 Å². The van der Waals surface area contributed by atoms with E-state index < -0.39 is 0 Å². The van der Waals surface area contributed by atoms with Gasteiger partial charge in [0, 0.05) is 12.1 Å². The minimum atomic E-state index is 0.661. The molecule has 2 aromatic heterocycles. The van der Waals surface area contributed by atoms with Crippen LogP contribution in [0.3, 0.4) is 0 Å². The van der Waals surface area contributed by atoms with Crippen LogP contribution in [0.1, 0.15) is 5.56 Å². The van der Waals surface area contributed by atoms with Crippen molar-refractivity contribution >= 4 is 11.0 Å². The summed E-state index contributed by atoms with van der Waals surface area (Å²) < 4.78 is 2.17. The number of H-pyrrole nitrogens is 1. The first kappa shape index (κ1) is 15.5. The Hall–Kier alpha value is -3.80. The molecular formula is C21H16N6. The van der Waals surface area contributed by atoms with E-state index in [1.165, 1.54) is 5.56 Å². The maximum absolute atomic E-state index is 4.51. The van der Waals surface area contributed by atoms with E-state index in [1.54, 1.807) is 0 Å². The maximum atomic E-state index is 4.51. The van der Waals surface area contributed by atoms with E-state index in [0.717, 1.165) is 34.3 Å². The lowest BCUT2D eigenvalue weighted by molar-refractivity contribution is 0.826. The quantitative estimate of drug-likeness (QED) is 0.532. The van der Waals surface area contributed by atoms with E-state index >= 15 is 0 Å². The highest BCUT2D eigenvalue weighted by molar-refractivity contribution is 5.82. The van der Waals surface area contributed by atoms with Crippen LogP contribution in [0.2, 0.25) is 0 Å². The molecule has 0 atom stereocenters. The molecule has 5 aromatic rings. The number of aromatic nitrogens is 6. The van der Waals surface area contributed by atoms with Gasteiger partial charge in [-0.25, -0.2) is 10.1 Å². The van der Waals surface area contributed by atoms with E-state index in [9.17, 15) is 0 Å². The van der Waals surface area contributed by atoms with Crippen molar-refractivity contribution in [1.82, 2.24) is 30.2 Å². The van der Waals surface area contributed by atoms with Crippen LogP contribution in [0.5, 0.6) is 0 Å². The molecule has 6 heteroatoms. The first-order chi connectivity index (χ1) is 13.4. The minimum Gasteiger partial charge on any atom is -0.326 e. The molecule has 0 amide bonds. The van der Waals surface area contributed by atoms with Crippen molar-refractivity contribution in [3.63, 3.8) is 0 Å². The number of tetrazole rings is 1. The lowest BCUT2D eigenvalue weighted by Gasteiger charge is -2.13. The summed E-state index contributed by atoms with van der Waals surface area (Å²) in [7, 11) is 0. The second-order valence-electron chi connectivity index (χ2n) is 6.31. The lowest BCUT2D eigenvalue weighted by Crippen LogP contribution is -2.00. The van der Waals surface area contributed by atoms with Crippen LogP contribution in [0.4, 0.5) is 0 Å². The molecule has 27 heavy (non-hydrogen) atoms. The molecule has 5 rings (SSSR count). The number of fused-ring (bicyclic) bond motifs is 1. The van der Waals surface area contributed by atoms with Crippen LogP contribution in [-0.2, 0) is 6.54 Å². The van der Waals surface area contributed by atoms with Crippen LogP contribution < -0.4 is 0 Å². The van der Waals surface area contributed by atoms with Gasteiger partial charge >= 0.3 is 0 Å². The van der Waals surface area contributed by atoms with Crippen molar-refractivity contribution in [3.05, 3.63) is 84.7 Å². The molecule has 0 bridgehead atoms. The molecule has 0 fully saturated rings. The summed E-state index contributed by atoms with van der Waals surface area (Å²) in [5.41, 5.74) is 6.56. The van der Waals surface area contributed by atoms with Crippen LogP contribution in [-0.4, -0.2) is 30.2 Å². The number of aromatic amines is 1. The fourth-order valence-corrected chi connectivity index (χ4v) is 3.44. The molecule has 0 radical (unpaired) electrons. The Labute approximate surface area is 155 Å². The Kier molecular flexibility index (Phi) is 3.72. The number of hydrogen-bond acceptors (Lipinski definition) is 4. The Bertz CT molecular complexity index is 1210. The molecular weight excluding hydrogens is 336 g/mol. The van der Waals surface area contributed by atoms with Crippen LogP contribution >= 0.6 is 0 Å². The van der Waals surface area contributed by atoms with Crippen LogP contribution in [0.15, 0.2) is 79.1 Å². The molecule has 3 aromatic carbocycles. The third-order valence-corrected chi connectivity index (χ3v) is 4.70. The zero-order valence-electron chi connectivity index (χ0n) is 14.4. The van der Waals surface area contributed by atoms with E-state index in [1.807, 2.05) is 42.7 Å². The number of para-hydroxylation sites is 2. The van der Waals surface area contributed by atoms with Crippen LogP contribution in [0, 0.1) is 0 Å². The molecule has 0 saturated heterocycles. The lowest BCUT2D eigenvalue weighted by atomic mass is 9.95. The molecule has 2 heterocycles. The summed E-state index contributed by atoms with van der Waals surface area (Å²) in [6, 6.07) is 24.7. The fourth-order valence-electron chi connectivity index (χ4n) is 3.44. The zero-order valence-corrected chi connectivity index (χ0v) is 14.4. The first-order valence-electron chi connectivity index (χ1n) is 8.71. The largest absolute Gasteiger partial charge is 0.326 e. The smallest absolute Gasteiger partial charge is 0.180 e. The molecule has 0 spiro atoms. The summed E-state index contributed by atoms with van der Waals surface area (Å²) in [6.45, 7) is 0.736. The first-order valence-corrected chi connectivity index (χ1v) is 8.71. The van der Waals surface area contributed by atoms with Gasteiger partial charge in [-0.3, -0.25) is 0 Å². The third-order valence-electron chi connectivity index (χ3n) is 4.70.